The van der Waals surface area contributed by atoms with Crippen LogP contribution in [0.15, 0.2) is 66.0 Å². The highest BCUT2D eigenvalue weighted by Crippen LogP contribution is 2.21. The van der Waals surface area contributed by atoms with Crippen molar-refractivity contribution in [3.05, 3.63) is 83.2 Å². The molecule has 1 aromatic heterocycles. The molecule has 0 atom stereocenters. The second kappa shape index (κ2) is 8.86. The fraction of sp³-hybridized carbons (Fsp3) is 0.273. The third-order valence-corrected chi connectivity index (χ3v) is 5.38. The van der Waals surface area contributed by atoms with E-state index in [4.69, 9.17) is 0 Å². The van der Waals surface area contributed by atoms with Crippen LogP contribution in [-0.2, 0) is 24.2 Å². The summed E-state index contributed by atoms with van der Waals surface area (Å²) in [6, 6.07) is 18.6. The van der Waals surface area contributed by atoms with E-state index < -0.39 is 0 Å². The molecule has 0 saturated heterocycles. The van der Waals surface area contributed by atoms with Crippen molar-refractivity contribution in [3.63, 3.8) is 0 Å². The number of thioether (sulfide) groups is 1. The molecular formula is C22H24N2OS. The van der Waals surface area contributed by atoms with Crippen molar-refractivity contribution in [2.45, 2.75) is 38.4 Å². The van der Waals surface area contributed by atoms with E-state index in [1.54, 1.807) is 0 Å². The lowest BCUT2D eigenvalue weighted by Crippen LogP contribution is -2.08. The molecule has 1 heterocycles. The summed E-state index contributed by atoms with van der Waals surface area (Å²) in [4.78, 5) is 16.9. The van der Waals surface area contributed by atoms with Gasteiger partial charge in [0.15, 0.2) is 5.16 Å². The predicted octanol–water partition coefficient (Wildman–Crippen LogP) is 4.71. The second-order valence-corrected chi connectivity index (χ2v) is 7.37. The lowest BCUT2D eigenvalue weighted by Gasteiger charge is -2.09. The average Bonchev–Trinajstić information content (AvgIpc) is 3.04. The number of carbonyl (C=O) groups is 1. The van der Waals surface area contributed by atoms with E-state index in [9.17, 15) is 4.79 Å². The maximum Gasteiger partial charge on any atom is 0.168 e. The number of carbonyl (C=O) groups excluding carboxylic acids is 1. The zero-order chi connectivity index (χ0) is 18.4. The smallest absolute Gasteiger partial charge is 0.168 e. The van der Waals surface area contributed by atoms with Crippen LogP contribution in [0.5, 0.6) is 0 Å². The molecule has 0 unspecified atom stereocenters. The van der Waals surface area contributed by atoms with Crippen molar-refractivity contribution < 1.29 is 4.79 Å². The van der Waals surface area contributed by atoms with Crippen LogP contribution in [0.4, 0.5) is 0 Å². The fourth-order valence-corrected chi connectivity index (χ4v) is 3.84. The lowest BCUT2D eigenvalue weighted by atomic mass is 10.1. The Hall–Kier alpha value is -2.33. The van der Waals surface area contributed by atoms with Crippen molar-refractivity contribution in [2.24, 2.45) is 0 Å². The molecule has 4 heteroatoms. The van der Waals surface area contributed by atoms with Gasteiger partial charge in [-0.15, -0.1) is 0 Å². The number of benzene rings is 2. The molecule has 0 aliphatic heterocycles. The minimum absolute atomic E-state index is 0.231. The molecule has 0 aliphatic carbocycles. The van der Waals surface area contributed by atoms with Crippen LogP contribution < -0.4 is 0 Å². The van der Waals surface area contributed by atoms with Crippen LogP contribution in [0.3, 0.4) is 0 Å². The summed E-state index contributed by atoms with van der Waals surface area (Å²) >= 11 is 1.54. The predicted molar refractivity (Wildman–Crippen MR) is 108 cm³/mol. The van der Waals surface area contributed by atoms with Crippen LogP contribution in [0, 0.1) is 6.92 Å². The lowest BCUT2D eigenvalue weighted by molar-refractivity contribution is -0.116. The maximum absolute atomic E-state index is 12.3. The Bertz CT molecular complexity index is 854. The molecule has 3 nitrogen and oxygen atoms in total. The molecule has 134 valence electrons. The van der Waals surface area contributed by atoms with Crippen molar-refractivity contribution in [1.82, 2.24) is 9.55 Å². The normalized spacial score (nSPS) is 10.8. The quantitative estimate of drug-likeness (QED) is 0.543. The van der Waals surface area contributed by atoms with Gasteiger partial charge in [-0.25, -0.2) is 4.98 Å². The molecule has 0 amide bonds. The second-order valence-electron chi connectivity index (χ2n) is 6.43. The molecule has 0 N–H and O–H groups in total. The van der Waals surface area contributed by atoms with Crippen LogP contribution in [0.2, 0.25) is 0 Å². The molecular weight excluding hydrogens is 340 g/mol. The topological polar surface area (TPSA) is 34.9 Å². The molecule has 3 rings (SSSR count). The Kier molecular flexibility index (Phi) is 6.29. The summed E-state index contributed by atoms with van der Waals surface area (Å²) < 4.78 is 2.21. The summed E-state index contributed by atoms with van der Waals surface area (Å²) in [5.41, 5.74) is 4.75. The van der Waals surface area contributed by atoms with Gasteiger partial charge in [0.25, 0.3) is 0 Å². The third-order valence-electron chi connectivity index (χ3n) is 4.33. The van der Waals surface area contributed by atoms with E-state index >= 15 is 0 Å². The molecule has 2 aromatic carbocycles. The van der Waals surface area contributed by atoms with E-state index in [0.717, 1.165) is 23.7 Å². The molecule has 0 saturated carbocycles. The Balaban J connectivity index is 1.61. The molecule has 0 fully saturated rings. The number of ketones is 1. The molecule has 0 radical (unpaired) electrons. The minimum Gasteiger partial charge on any atom is -0.323 e. The SMILES string of the molecule is CCn1c(Cc2ccccc2)cnc1SCC(=O)Cc1ccc(C)cc1. The molecule has 26 heavy (non-hydrogen) atoms. The maximum atomic E-state index is 12.3. The number of hydrogen-bond acceptors (Lipinski definition) is 3. The number of Topliss-reactive ketones (excluding diaryl/α,β-unsaturated/α-hetero) is 1. The first-order valence-corrected chi connectivity index (χ1v) is 9.92. The number of rotatable bonds is 8. The molecule has 3 aromatic rings. The standard InChI is InChI=1S/C22H24N2OS/c1-3-24-20(13-18-7-5-4-6-8-18)15-23-22(24)26-16-21(25)14-19-11-9-17(2)10-12-19/h4-12,15H,3,13-14,16H2,1-2H3. The summed E-state index contributed by atoms with van der Waals surface area (Å²) in [7, 11) is 0. The van der Waals surface area contributed by atoms with E-state index in [2.05, 4.69) is 59.8 Å². The Morgan fingerprint density at radius 1 is 1.04 bits per heavy atom. The van der Waals surface area contributed by atoms with E-state index in [-0.39, 0.29) is 5.78 Å². The highest BCUT2D eigenvalue weighted by Gasteiger charge is 2.12. The van der Waals surface area contributed by atoms with Gasteiger partial charge in [0, 0.05) is 31.3 Å². The average molecular weight is 365 g/mol. The van der Waals surface area contributed by atoms with Gasteiger partial charge in [-0.3, -0.25) is 4.79 Å². The van der Waals surface area contributed by atoms with Crippen LogP contribution in [0.1, 0.15) is 29.3 Å². The minimum atomic E-state index is 0.231. The largest absolute Gasteiger partial charge is 0.323 e. The van der Waals surface area contributed by atoms with Crippen molar-refractivity contribution in [1.29, 1.82) is 0 Å². The molecule has 0 bridgehead atoms. The Morgan fingerprint density at radius 3 is 2.46 bits per heavy atom. The molecule has 0 aliphatic rings. The first-order chi connectivity index (χ1) is 12.7. The first-order valence-electron chi connectivity index (χ1n) is 8.94. The van der Waals surface area contributed by atoms with Gasteiger partial charge in [-0.2, -0.15) is 0 Å². The van der Waals surface area contributed by atoms with E-state index in [1.165, 1.54) is 28.6 Å². The number of hydrogen-bond donors (Lipinski definition) is 0. The monoisotopic (exact) mass is 364 g/mol. The van der Waals surface area contributed by atoms with Crippen molar-refractivity contribution >= 4 is 17.5 Å². The summed E-state index contributed by atoms with van der Waals surface area (Å²) in [6.07, 6.45) is 3.28. The first kappa shape index (κ1) is 18.5. The van der Waals surface area contributed by atoms with E-state index in [1.807, 2.05) is 24.4 Å². The number of aryl methyl sites for hydroxylation is 1. The highest BCUT2D eigenvalue weighted by molar-refractivity contribution is 7.99. The van der Waals surface area contributed by atoms with Gasteiger partial charge in [0.05, 0.1) is 5.75 Å². The number of nitrogens with zero attached hydrogens (tertiary/aromatic N) is 2. The third kappa shape index (κ3) is 4.85. The van der Waals surface area contributed by atoms with Gasteiger partial charge < -0.3 is 4.57 Å². The van der Waals surface area contributed by atoms with Crippen LogP contribution in [-0.4, -0.2) is 21.1 Å². The highest BCUT2D eigenvalue weighted by atomic mass is 32.2. The summed E-state index contributed by atoms with van der Waals surface area (Å²) in [5.74, 6) is 0.685. The zero-order valence-electron chi connectivity index (χ0n) is 15.3. The van der Waals surface area contributed by atoms with Crippen molar-refractivity contribution in [3.8, 4) is 0 Å². The van der Waals surface area contributed by atoms with Gasteiger partial charge in [-0.1, -0.05) is 71.9 Å². The van der Waals surface area contributed by atoms with Gasteiger partial charge in [-0.05, 0) is 25.0 Å². The zero-order valence-corrected chi connectivity index (χ0v) is 16.1. The molecule has 0 spiro atoms. The summed E-state index contributed by atoms with van der Waals surface area (Å²) in [5, 5.41) is 0.927. The fourth-order valence-electron chi connectivity index (χ4n) is 2.92. The van der Waals surface area contributed by atoms with Gasteiger partial charge in [0.2, 0.25) is 0 Å². The van der Waals surface area contributed by atoms with Gasteiger partial charge >= 0.3 is 0 Å². The Labute approximate surface area is 159 Å². The number of imidazole rings is 1. The number of aromatic nitrogens is 2. The summed E-state index contributed by atoms with van der Waals surface area (Å²) in [6.45, 7) is 5.03. The van der Waals surface area contributed by atoms with Crippen LogP contribution in [0.25, 0.3) is 0 Å². The van der Waals surface area contributed by atoms with Crippen LogP contribution >= 0.6 is 11.8 Å². The van der Waals surface area contributed by atoms with E-state index in [0.29, 0.717) is 12.2 Å². The van der Waals surface area contributed by atoms with Gasteiger partial charge in [0.1, 0.15) is 5.78 Å². The Morgan fingerprint density at radius 2 is 1.77 bits per heavy atom. The van der Waals surface area contributed by atoms with Crippen molar-refractivity contribution in [2.75, 3.05) is 5.75 Å².